The number of amides is 1. The van der Waals surface area contributed by atoms with Gasteiger partial charge in [0.25, 0.3) is 5.91 Å². The fourth-order valence-electron chi connectivity index (χ4n) is 4.54. The van der Waals surface area contributed by atoms with E-state index in [1.807, 2.05) is 11.9 Å². The molecule has 3 aromatic heterocycles. The molecule has 0 saturated carbocycles. The normalized spacial score (nSPS) is 15.5. The van der Waals surface area contributed by atoms with E-state index >= 15 is 0 Å². The lowest BCUT2D eigenvalue weighted by molar-refractivity contribution is -0.138. The number of nitrogens with zero attached hydrogens (tertiary/aromatic N) is 6. The quantitative estimate of drug-likeness (QED) is 0.398. The number of nitrogens with one attached hydrogen (secondary N) is 1. The van der Waals surface area contributed by atoms with E-state index in [2.05, 4.69) is 37.1 Å². The summed E-state index contributed by atoms with van der Waals surface area (Å²) in [6, 6.07) is 8.63. The second kappa shape index (κ2) is 10.8. The monoisotopic (exact) mass is 533 g/mol. The number of anilines is 1. The van der Waals surface area contributed by atoms with Crippen molar-refractivity contribution in [2.45, 2.75) is 19.1 Å². The van der Waals surface area contributed by atoms with Crippen LogP contribution in [0.15, 0.2) is 61.2 Å². The molecule has 0 bridgehead atoms. The third-order valence-electron chi connectivity index (χ3n) is 6.77. The molecule has 4 heterocycles. The van der Waals surface area contributed by atoms with Crippen LogP contribution < -0.4 is 5.32 Å². The van der Waals surface area contributed by atoms with Crippen molar-refractivity contribution in [1.29, 1.82) is 0 Å². The Morgan fingerprint density at radius 1 is 1.05 bits per heavy atom. The van der Waals surface area contributed by atoms with Gasteiger partial charge in [-0.15, -0.1) is 0 Å². The van der Waals surface area contributed by atoms with Gasteiger partial charge < -0.3 is 10.2 Å². The summed E-state index contributed by atoms with van der Waals surface area (Å²) in [7, 11) is 2.00. The Kier molecular flexibility index (Phi) is 7.32. The summed E-state index contributed by atoms with van der Waals surface area (Å²) >= 11 is 0. The van der Waals surface area contributed by atoms with Crippen molar-refractivity contribution in [3.8, 4) is 11.8 Å². The summed E-state index contributed by atoms with van der Waals surface area (Å²) in [4.78, 5) is 25.4. The molecule has 8 nitrogen and oxygen atoms in total. The Labute approximate surface area is 223 Å². The highest BCUT2D eigenvalue weighted by atomic mass is 19.4. The number of carbonyl (C=O) groups excluding carboxylic acids is 1. The second-order valence-electron chi connectivity index (χ2n) is 9.42. The minimum Gasteiger partial charge on any atom is -0.322 e. The molecule has 5 rings (SSSR count). The molecule has 1 atom stereocenters. The van der Waals surface area contributed by atoms with Gasteiger partial charge in [0.2, 0.25) is 0 Å². The molecule has 1 aromatic carbocycles. The fourth-order valence-corrected chi connectivity index (χ4v) is 4.54. The van der Waals surface area contributed by atoms with Crippen LogP contribution in [-0.4, -0.2) is 68.5 Å². The number of hydrogen-bond acceptors (Lipinski definition) is 6. The first kappa shape index (κ1) is 26.3. The second-order valence-corrected chi connectivity index (χ2v) is 9.42. The van der Waals surface area contributed by atoms with Gasteiger partial charge in [-0.2, -0.15) is 18.3 Å². The number of imidazole rings is 1. The lowest BCUT2D eigenvalue weighted by Gasteiger charge is -2.37. The highest BCUT2D eigenvalue weighted by Crippen LogP contribution is 2.38. The number of pyridine rings is 1. The summed E-state index contributed by atoms with van der Waals surface area (Å²) in [6.45, 7) is 4.76. The lowest BCUT2D eigenvalue weighted by atomic mass is 9.98. The number of likely N-dealkylation sites (N-methyl/N-ethyl adjacent to an activating group) is 1. The summed E-state index contributed by atoms with van der Waals surface area (Å²) < 4.78 is 43.8. The maximum atomic E-state index is 14.1. The Hall–Kier alpha value is -4.27. The van der Waals surface area contributed by atoms with Crippen LogP contribution in [0.4, 0.5) is 18.9 Å². The maximum absolute atomic E-state index is 14.1. The lowest BCUT2D eigenvalue weighted by Crippen LogP contribution is -2.45. The van der Waals surface area contributed by atoms with E-state index in [0.717, 1.165) is 19.2 Å². The first-order valence-corrected chi connectivity index (χ1v) is 12.4. The Bertz CT molecular complexity index is 1560. The van der Waals surface area contributed by atoms with E-state index in [9.17, 15) is 18.0 Å². The third-order valence-corrected chi connectivity index (χ3v) is 6.77. The average molecular weight is 534 g/mol. The van der Waals surface area contributed by atoms with Crippen LogP contribution in [-0.2, 0) is 6.18 Å². The first-order valence-electron chi connectivity index (χ1n) is 12.4. The van der Waals surface area contributed by atoms with Crippen LogP contribution in [0.25, 0.3) is 5.65 Å². The molecule has 0 radical (unpaired) electrons. The molecule has 0 spiro atoms. The van der Waals surface area contributed by atoms with E-state index in [4.69, 9.17) is 0 Å². The number of aromatic nitrogens is 4. The van der Waals surface area contributed by atoms with E-state index in [0.29, 0.717) is 30.0 Å². The number of fused-ring (bicyclic) bond motifs is 1. The van der Waals surface area contributed by atoms with Gasteiger partial charge in [0.05, 0.1) is 17.3 Å². The Morgan fingerprint density at radius 3 is 2.62 bits per heavy atom. The van der Waals surface area contributed by atoms with Crippen molar-refractivity contribution in [3.05, 3.63) is 89.1 Å². The van der Waals surface area contributed by atoms with E-state index in [-0.39, 0.29) is 16.8 Å². The maximum Gasteiger partial charge on any atom is 0.416 e. The number of hydrogen-bond donors (Lipinski definition) is 1. The van der Waals surface area contributed by atoms with Gasteiger partial charge in [-0.25, -0.2) is 9.50 Å². The number of piperazine rings is 1. The van der Waals surface area contributed by atoms with Crippen LogP contribution in [0.3, 0.4) is 0 Å². The van der Waals surface area contributed by atoms with Crippen LogP contribution in [0.1, 0.15) is 45.7 Å². The van der Waals surface area contributed by atoms with Crippen molar-refractivity contribution in [2.24, 2.45) is 0 Å². The highest BCUT2D eigenvalue weighted by Gasteiger charge is 2.36. The predicted molar refractivity (Wildman–Crippen MR) is 140 cm³/mol. The molecule has 4 aromatic rings. The summed E-state index contributed by atoms with van der Waals surface area (Å²) in [5, 5.41) is 6.78. The number of rotatable bonds is 4. The van der Waals surface area contributed by atoms with Crippen molar-refractivity contribution in [3.63, 3.8) is 0 Å². The number of carbonyl (C=O) groups is 1. The van der Waals surface area contributed by atoms with Gasteiger partial charge >= 0.3 is 6.18 Å². The molecular weight excluding hydrogens is 507 g/mol. The van der Waals surface area contributed by atoms with Crippen LogP contribution in [0.2, 0.25) is 0 Å². The molecule has 1 saturated heterocycles. The molecule has 1 aliphatic rings. The minimum absolute atomic E-state index is 0.0509. The third kappa shape index (κ3) is 5.92. The smallest absolute Gasteiger partial charge is 0.322 e. The van der Waals surface area contributed by atoms with Gasteiger partial charge in [0, 0.05) is 62.1 Å². The summed E-state index contributed by atoms with van der Waals surface area (Å²) in [5.74, 6) is 5.30. The minimum atomic E-state index is -4.57. The topological polar surface area (TPSA) is 78.7 Å². The van der Waals surface area contributed by atoms with E-state index in [1.54, 1.807) is 36.0 Å². The SMILES string of the molecule is C[C@@H](c1ccc(NC(=O)c2cncc(C#Cc3cnc4cccnn34)c2)cc1C(F)(F)F)N1CCN(C)CC1. The molecule has 1 aliphatic heterocycles. The van der Waals surface area contributed by atoms with E-state index in [1.165, 1.54) is 30.6 Å². The largest absolute Gasteiger partial charge is 0.416 e. The van der Waals surface area contributed by atoms with Crippen LogP contribution in [0.5, 0.6) is 0 Å². The molecular formula is C28H26F3N7O. The van der Waals surface area contributed by atoms with Gasteiger partial charge in [-0.3, -0.25) is 14.7 Å². The van der Waals surface area contributed by atoms with Gasteiger partial charge in [0.1, 0.15) is 5.69 Å². The molecule has 1 amide bonds. The molecule has 0 aliphatic carbocycles. The Morgan fingerprint density at radius 2 is 1.85 bits per heavy atom. The molecule has 1 N–H and O–H groups in total. The average Bonchev–Trinajstić information content (AvgIpc) is 3.35. The number of alkyl halides is 3. The van der Waals surface area contributed by atoms with Gasteiger partial charge in [-0.05, 0) is 55.8 Å². The zero-order valence-electron chi connectivity index (χ0n) is 21.4. The van der Waals surface area contributed by atoms with Crippen molar-refractivity contribution < 1.29 is 18.0 Å². The van der Waals surface area contributed by atoms with Gasteiger partial charge in [0.15, 0.2) is 5.65 Å². The standard InChI is InChI=1S/C28H26F3N7O/c1-19(37-12-10-36(2)11-13-37)24-8-6-22(15-25(24)28(29,30)31)35-27(39)21-14-20(16-32-17-21)5-7-23-18-33-26-4-3-9-34-38(23)26/h3-4,6,8-9,14-19H,10-13H2,1-2H3,(H,35,39)/t19-/m0/s1. The van der Waals surface area contributed by atoms with Gasteiger partial charge in [-0.1, -0.05) is 12.0 Å². The molecule has 0 unspecified atom stereocenters. The fraction of sp³-hybridized carbons (Fsp3) is 0.286. The molecule has 11 heteroatoms. The van der Waals surface area contributed by atoms with Crippen molar-refractivity contribution in [1.82, 2.24) is 29.4 Å². The number of halogens is 3. The molecule has 200 valence electrons. The highest BCUT2D eigenvalue weighted by molar-refractivity contribution is 6.04. The van der Waals surface area contributed by atoms with E-state index < -0.39 is 23.7 Å². The zero-order valence-corrected chi connectivity index (χ0v) is 21.4. The van der Waals surface area contributed by atoms with Crippen molar-refractivity contribution in [2.75, 3.05) is 38.5 Å². The van der Waals surface area contributed by atoms with Crippen LogP contribution >= 0.6 is 0 Å². The molecule has 39 heavy (non-hydrogen) atoms. The predicted octanol–water partition coefficient (Wildman–Crippen LogP) is 4.10. The number of benzene rings is 1. The zero-order chi connectivity index (χ0) is 27.6. The summed E-state index contributed by atoms with van der Waals surface area (Å²) in [5.41, 5.74) is 1.32. The molecule has 1 fully saturated rings. The Balaban J connectivity index is 1.35. The first-order chi connectivity index (χ1) is 18.7. The summed E-state index contributed by atoms with van der Waals surface area (Å²) in [6.07, 6.45) is 1.48. The van der Waals surface area contributed by atoms with Crippen LogP contribution in [0, 0.1) is 11.8 Å². The van der Waals surface area contributed by atoms with Crippen molar-refractivity contribution >= 4 is 17.2 Å².